The minimum absolute atomic E-state index is 0.393. The van der Waals surface area contributed by atoms with Crippen LogP contribution in [0.15, 0.2) is 47.0 Å². The number of rotatable bonds is 8. The Kier molecular flexibility index (Phi) is 6.37. The van der Waals surface area contributed by atoms with Crippen LogP contribution in [0.3, 0.4) is 0 Å². The summed E-state index contributed by atoms with van der Waals surface area (Å²) in [6.07, 6.45) is 0. The van der Waals surface area contributed by atoms with Crippen LogP contribution < -0.4 is 14.8 Å². The fourth-order valence-electron chi connectivity index (χ4n) is 2.80. The molecule has 0 aliphatic rings. The molecule has 0 spiro atoms. The number of benzene rings is 2. The molecular weight excluding hydrogens is 364 g/mol. The lowest BCUT2D eigenvalue weighted by molar-refractivity contribution is 0.281. The molecule has 0 radical (unpaired) electrons. The van der Waals surface area contributed by atoms with E-state index in [1.165, 1.54) is 0 Å². The summed E-state index contributed by atoms with van der Waals surface area (Å²) in [6.45, 7) is 5.63. The zero-order valence-electron chi connectivity index (χ0n) is 15.7. The third-order valence-corrected chi connectivity index (χ3v) is 4.56. The van der Waals surface area contributed by atoms with E-state index in [2.05, 4.69) is 10.5 Å². The third kappa shape index (κ3) is 5.02. The van der Waals surface area contributed by atoms with Crippen molar-refractivity contribution in [2.45, 2.75) is 33.5 Å². The van der Waals surface area contributed by atoms with Crippen molar-refractivity contribution in [3.8, 4) is 11.5 Å². The minimum atomic E-state index is 0.393. The first-order chi connectivity index (χ1) is 13.1. The van der Waals surface area contributed by atoms with Gasteiger partial charge in [-0.2, -0.15) is 0 Å². The molecule has 0 bridgehead atoms. The van der Waals surface area contributed by atoms with Crippen LogP contribution in [-0.4, -0.2) is 12.3 Å². The van der Waals surface area contributed by atoms with Crippen LogP contribution in [0.25, 0.3) is 0 Å². The number of nitrogens with one attached hydrogen (secondary N) is 1. The van der Waals surface area contributed by atoms with Crippen LogP contribution in [0.4, 0.5) is 0 Å². The van der Waals surface area contributed by atoms with Crippen LogP contribution in [0, 0.1) is 13.8 Å². The maximum Gasteiger partial charge on any atom is 0.161 e. The van der Waals surface area contributed by atoms with Crippen LogP contribution in [0.1, 0.15) is 28.1 Å². The van der Waals surface area contributed by atoms with Gasteiger partial charge in [0.05, 0.1) is 18.4 Å². The smallest absolute Gasteiger partial charge is 0.161 e. The molecule has 0 amide bonds. The van der Waals surface area contributed by atoms with E-state index in [9.17, 15) is 0 Å². The molecule has 1 heterocycles. The van der Waals surface area contributed by atoms with Crippen molar-refractivity contribution < 1.29 is 14.0 Å². The van der Waals surface area contributed by atoms with Gasteiger partial charge in [-0.05, 0) is 49.2 Å². The van der Waals surface area contributed by atoms with Crippen LogP contribution in [0.5, 0.6) is 11.5 Å². The van der Waals surface area contributed by atoms with Crippen molar-refractivity contribution >= 4 is 11.6 Å². The van der Waals surface area contributed by atoms with Gasteiger partial charge in [-0.3, -0.25) is 0 Å². The van der Waals surface area contributed by atoms with Gasteiger partial charge in [0, 0.05) is 18.1 Å². The quantitative estimate of drug-likeness (QED) is 0.601. The van der Waals surface area contributed by atoms with Crippen molar-refractivity contribution in [2.24, 2.45) is 0 Å². The summed E-state index contributed by atoms with van der Waals surface area (Å²) < 4.78 is 16.6. The molecule has 0 saturated heterocycles. The third-order valence-electron chi connectivity index (χ3n) is 4.33. The van der Waals surface area contributed by atoms with Crippen LogP contribution in [0.2, 0.25) is 5.02 Å². The average molecular weight is 387 g/mol. The molecule has 0 fully saturated rings. The standard InChI is InChI=1S/C21H23ClN2O3/c1-14-19(15(2)27-24-14)13-26-20-8-7-17(10-21(20)25-3)12-23-11-16-5-4-6-18(22)9-16/h4-10,23H,11-13H2,1-3H3. The summed E-state index contributed by atoms with van der Waals surface area (Å²) in [7, 11) is 1.64. The number of ether oxygens (including phenoxy) is 2. The van der Waals surface area contributed by atoms with E-state index in [-0.39, 0.29) is 0 Å². The molecule has 3 rings (SSSR count). The minimum Gasteiger partial charge on any atom is -0.493 e. The van der Waals surface area contributed by atoms with Crippen LogP contribution >= 0.6 is 11.6 Å². The maximum atomic E-state index is 6.02. The molecule has 0 atom stereocenters. The van der Waals surface area contributed by atoms with Gasteiger partial charge in [0.15, 0.2) is 11.5 Å². The molecule has 142 valence electrons. The van der Waals surface area contributed by atoms with Crippen LogP contribution in [-0.2, 0) is 19.7 Å². The first-order valence-electron chi connectivity index (χ1n) is 8.73. The summed E-state index contributed by atoms with van der Waals surface area (Å²) in [5.41, 5.74) is 4.06. The average Bonchev–Trinajstić information content (AvgIpc) is 2.98. The van der Waals surface area contributed by atoms with E-state index in [0.29, 0.717) is 24.7 Å². The number of methoxy groups -OCH3 is 1. The van der Waals surface area contributed by atoms with Gasteiger partial charge in [-0.15, -0.1) is 0 Å². The van der Waals surface area contributed by atoms with E-state index < -0.39 is 0 Å². The van der Waals surface area contributed by atoms with Gasteiger partial charge in [-0.1, -0.05) is 35.0 Å². The second-order valence-electron chi connectivity index (χ2n) is 6.31. The second-order valence-corrected chi connectivity index (χ2v) is 6.75. The Morgan fingerprint density at radius 3 is 2.48 bits per heavy atom. The largest absolute Gasteiger partial charge is 0.493 e. The predicted octanol–water partition coefficient (Wildman–Crippen LogP) is 4.82. The van der Waals surface area contributed by atoms with Gasteiger partial charge in [0.25, 0.3) is 0 Å². The summed E-state index contributed by atoms with van der Waals surface area (Å²) in [5, 5.41) is 8.10. The van der Waals surface area contributed by atoms with Crippen molar-refractivity contribution in [3.05, 3.63) is 75.6 Å². The summed E-state index contributed by atoms with van der Waals surface area (Å²) in [4.78, 5) is 0. The van der Waals surface area contributed by atoms with Crippen molar-refractivity contribution in [3.63, 3.8) is 0 Å². The highest BCUT2D eigenvalue weighted by Crippen LogP contribution is 2.29. The molecule has 1 N–H and O–H groups in total. The zero-order chi connectivity index (χ0) is 19.2. The maximum absolute atomic E-state index is 6.02. The van der Waals surface area contributed by atoms with Gasteiger partial charge in [0.1, 0.15) is 12.4 Å². The van der Waals surface area contributed by atoms with Crippen molar-refractivity contribution in [2.75, 3.05) is 7.11 Å². The fourth-order valence-corrected chi connectivity index (χ4v) is 3.01. The Morgan fingerprint density at radius 1 is 1.04 bits per heavy atom. The topological polar surface area (TPSA) is 56.5 Å². The van der Waals surface area contributed by atoms with E-state index in [1.54, 1.807) is 7.11 Å². The summed E-state index contributed by atoms with van der Waals surface area (Å²) >= 11 is 6.02. The monoisotopic (exact) mass is 386 g/mol. The van der Waals surface area contributed by atoms with E-state index >= 15 is 0 Å². The van der Waals surface area contributed by atoms with Gasteiger partial charge >= 0.3 is 0 Å². The lowest BCUT2D eigenvalue weighted by atomic mass is 10.1. The lowest BCUT2D eigenvalue weighted by Gasteiger charge is -2.13. The summed E-state index contributed by atoms with van der Waals surface area (Å²) in [6, 6.07) is 13.8. The number of nitrogens with zero attached hydrogens (tertiary/aromatic N) is 1. The van der Waals surface area contributed by atoms with Gasteiger partial charge < -0.3 is 19.3 Å². The molecule has 6 heteroatoms. The number of hydrogen-bond donors (Lipinski definition) is 1. The number of aromatic nitrogens is 1. The normalized spacial score (nSPS) is 10.8. The first kappa shape index (κ1) is 19.3. The Bertz CT molecular complexity index is 889. The second kappa shape index (κ2) is 8.93. The molecule has 2 aromatic carbocycles. The van der Waals surface area contributed by atoms with Gasteiger partial charge in [0.2, 0.25) is 0 Å². The Morgan fingerprint density at radius 2 is 1.81 bits per heavy atom. The molecule has 0 aliphatic heterocycles. The van der Waals surface area contributed by atoms with E-state index in [1.807, 2.05) is 56.3 Å². The molecule has 0 unspecified atom stereocenters. The lowest BCUT2D eigenvalue weighted by Crippen LogP contribution is -2.12. The Hall–Kier alpha value is -2.50. The molecule has 1 aromatic heterocycles. The van der Waals surface area contributed by atoms with E-state index in [0.717, 1.165) is 39.7 Å². The predicted molar refractivity (Wildman–Crippen MR) is 105 cm³/mol. The first-order valence-corrected chi connectivity index (χ1v) is 9.11. The molecule has 5 nitrogen and oxygen atoms in total. The number of halogens is 1. The molecule has 3 aromatic rings. The Labute approximate surface area is 164 Å². The highest BCUT2D eigenvalue weighted by Gasteiger charge is 2.12. The van der Waals surface area contributed by atoms with E-state index in [4.69, 9.17) is 25.6 Å². The molecule has 0 saturated carbocycles. The van der Waals surface area contributed by atoms with Crippen molar-refractivity contribution in [1.82, 2.24) is 10.5 Å². The number of aryl methyl sites for hydroxylation is 2. The van der Waals surface area contributed by atoms with Crippen molar-refractivity contribution in [1.29, 1.82) is 0 Å². The molecule has 0 aliphatic carbocycles. The zero-order valence-corrected chi connectivity index (χ0v) is 16.5. The molecule has 27 heavy (non-hydrogen) atoms. The Balaban J connectivity index is 1.60. The van der Waals surface area contributed by atoms with Gasteiger partial charge in [-0.25, -0.2) is 0 Å². The fraction of sp³-hybridized carbons (Fsp3) is 0.286. The molecular formula is C21H23ClN2O3. The highest BCUT2D eigenvalue weighted by atomic mass is 35.5. The summed E-state index contributed by atoms with van der Waals surface area (Å²) in [5.74, 6) is 2.16. The highest BCUT2D eigenvalue weighted by molar-refractivity contribution is 6.30. The SMILES string of the molecule is COc1cc(CNCc2cccc(Cl)c2)ccc1OCc1c(C)noc1C. The number of hydrogen-bond acceptors (Lipinski definition) is 5.